The van der Waals surface area contributed by atoms with Gasteiger partial charge in [0, 0.05) is 24.2 Å². The zero-order chi connectivity index (χ0) is 12.5. The lowest BCUT2D eigenvalue weighted by molar-refractivity contribution is 0.0848. The van der Waals surface area contributed by atoms with Crippen LogP contribution in [0.5, 0.6) is 0 Å². The predicted molar refractivity (Wildman–Crippen MR) is 68.4 cm³/mol. The van der Waals surface area contributed by atoms with E-state index in [9.17, 15) is 4.79 Å². The molecule has 3 heterocycles. The summed E-state index contributed by atoms with van der Waals surface area (Å²) in [4.78, 5) is 15.5. The number of hydrogen-bond acceptors (Lipinski definition) is 3. The lowest BCUT2D eigenvalue weighted by atomic mass is 9.96. The molecule has 18 heavy (non-hydrogen) atoms. The van der Waals surface area contributed by atoms with Crippen LogP contribution in [0, 0.1) is 0 Å². The number of ether oxygens (including phenoxy) is 1. The molecule has 0 spiro atoms. The highest BCUT2D eigenvalue weighted by Gasteiger charge is 2.21. The van der Waals surface area contributed by atoms with Crippen LogP contribution in [0.2, 0.25) is 5.02 Å². The number of rotatable bonds is 2. The van der Waals surface area contributed by atoms with Crippen molar-refractivity contribution in [1.29, 1.82) is 0 Å². The van der Waals surface area contributed by atoms with Gasteiger partial charge >= 0.3 is 0 Å². The molecule has 4 nitrogen and oxygen atoms in total. The molecule has 0 aromatic carbocycles. The largest absolute Gasteiger partial charge is 0.381 e. The lowest BCUT2D eigenvalue weighted by Gasteiger charge is -2.20. The first-order valence-corrected chi connectivity index (χ1v) is 6.37. The highest BCUT2D eigenvalue weighted by atomic mass is 35.5. The normalized spacial score (nSPS) is 17.2. The minimum absolute atomic E-state index is 0.390. The SMILES string of the molecule is O=Cc1cc(Cl)cc2c(C3CCOCC3)ncn12. The fourth-order valence-electron chi connectivity index (χ4n) is 2.48. The summed E-state index contributed by atoms with van der Waals surface area (Å²) >= 11 is 6.05. The summed E-state index contributed by atoms with van der Waals surface area (Å²) in [6.45, 7) is 1.54. The first-order chi connectivity index (χ1) is 8.79. The lowest BCUT2D eigenvalue weighted by Crippen LogP contribution is -2.14. The molecule has 3 rings (SSSR count). The Morgan fingerprint density at radius 2 is 2.17 bits per heavy atom. The number of aldehydes is 1. The van der Waals surface area contributed by atoms with E-state index in [0.29, 0.717) is 16.6 Å². The Bertz CT molecular complexity index is 588. The molecule has 0 unspecified atom stereocenters. The van der Waals surface area contributed by atoms with Crippen LogP contribution in [0.1, 0.15) is 34.9 Å². The van der Waals surface area contributed by atoms with Crippen LogP contribution in [-0.4, -0.2) is 28.9 Å². The molecule has 2 aromatic heterocycles. The van der Waals surface area contributed by atoms with Gasteiger partial charge in [-0.2, -0.15) is 0 Å². The average Bonchev–Trinajstić information content (AvgIpc) is 2.82. The van der Waals surface area contributed by atoms with Crippen molar-refractivity contribution in [3.8, 4) is 0 Å². The van der Waals surface area contributed by atoms with Crippen molar-refractivity contribution >= 4 is 23.4 Å². The number of nitrogens with zero attached hydrogens (tertiary/aromatic N) is 2. The quantitative estimate of drug-likeness (QED) is 0.784. The van der Waals surface area contributed by atoms with Gasteiger partial charge in [0.2, 0.25) is 0 Å². The minimum Gasteiger partial charge on any atom is -0.381 e. The molecular weight excluding hydrogens is 252 g/mol. The second-order valence-electron chi connectivity index (χ2n) is 4.49. The van der Waals surface area contributed by atoms with E-state index in [0.717, 1.165) is 43.6 Å². The van der Waals surface area contributed by atoms with E-state index in [1.54, 1.807) is 16.8 Å². The standard InChI is InChI=1S/C13H13ClN2O2/c14-10-5-11(7-17)16-8-15-13(12(16)6-10)9-1-3-18-4-2-9/h5-9H,1-4H2. The fourth-order valence-corrected chi connectivity index (χ4v) is 2.70. The van der Waals surface area contributed by atoms with Crippen molar-refractivity contribution in [2.24, 2.45) is 0 Å². The Labute approximate surface area is 110 Å². The first kappa shape index (κ1) is 11.7. The summed E-state index contributed by atoms with van der Waals surface area (Å²) in [7, 11) is 0. The van der Waals surface area contributed by atoms with Gasteiger partial charge in [0.1, 0.15) is 6.33 Å². The van der Waals surface area contributed by atoms with Gasteiger partial charge in [0.15, 0.2) is 6.29 Å². The average molecular weight is 265 g/mol. The van der Waals surface area contributed by atoms with E-state index in [1.807, 2.05) is 6.07 Å². The fraction of sp³-hybridized carbons (Fsp3) is 0.385. The van der Waals surface area contributed by atoms with Crippen molar-refractivity contribution in [3.05, 3.63) is 34.9 Å². The second kappa shape index (κ2) is 4.71. The Morgan fingerprint density at radius 1 is 1.39 bits per heavy atom. The molecule has 5 heteroatoms. The number of carbonyl (C=O) groups excluding carboxylic acids is 1. The van der Waals surface area contributed by atoms with Gasteiger partial charge in [-0.3, -0.25) is 9.20 Å². The van der Waals surface area contributed by atoms with E-state index < -0.39 is 0 Å². The number of hydrogen-bond donors (Lipinski definition) is 0. The smallest absolute Gasteiger partial charge is 0.166 e. The van der Waals surface area contributed by atoms with Gasteiger partial charge in [0.25, 0.3) is 0 Å². The number of pyridine rings is 1. The highest BCUT2D eigenvalue weighted by molar-refractivity contribution is 6.31. The second-order valence-corrected chi connectivity index (χ2v) is 4.92. The molecule has 0 bridgehead atoms. The zero-order valence-corrected chi connectivity index (χ0v) is 10.6. The van der Waals surface area contributed by atoms with Gasteiger partial charge in [-0.05, 0) is 25.0 Å². The first-order valence-electron chi connectivity index (χ1n) is 5.99. The third-order valence-corrected chi connectivity index (χ3v) is 3.62. The van der Waals surface area contributed by atoms with E-state index in [1.165, 1.54) is 0 Å². The molecule has 1 aliphatic rings. The predicted octanol–water partition coefficient (Wildman–Crippen LogP) is 2.69. The number of halogens is 1. The van der Waals surface area contributed by atoms with Crippen molar-refractivity contribution < 1.29 is 9.53 Å². The minimum atomic E-state index is 0.390. The van der Waals surface area contributed by atoms with Crippen molar-refractivity contribution in [1.82, 2.24) is 9.38 Å². The van der Waals surface area contributed by atoms with Gasteiger partial charge in [0.05, 0.1) is 16.9 Å². The third kappa shape index (κ3) is 1.91. The number of fused-ring (bicyclic) bond motifs is 1. The van der Waals surface area contributed by atoms with Crippen LogP contribution in [0.4, 0.5) is 0 Å². The Balaban J connectivity index is 2.12. The molecule has 0 radical (unpaired) electrons. The van der Waals surface area contributed by atoms with Crippen LogP contribution in [0.3, 0.4) is 0 Å². The Hall–Kier alpha value is -1.39. The highest BCUT2D eigenvalue weighted by Crippen LogP contribution is 2.30. The summed E-state index contributed by atoms with van der Waals surface area (Å²) in [5, 5.41) is 0.568. The van der Waals surface area contributed by atoms with Crippen LogP contribution in [0.15, 0.2) is 18.5 Å². The Morgan fingerprint density at radius 3 is 2.89 bits per heavy atom. The van der Waals surface area contributed by atoms with E-state index in [2.05, 4.69) is 4.98 Å². The molecule has 0 aliphatic carbocycles. The van der Waals surface area contributed by atoms with E-state index >= 15 is 0 Å². The van der Waals surface area contributed by atoms with Gasteiger partial charge in [-0.15, -0.1) is 0 Å². The molecule has 2 aromatic rings. The molecule has 0 atom stereocenters. The molecule has 1 fully saturated rings. The van der Waals surface area contributed by atoms with E-state index in [4.69, 9.17) is 16.3 Å². The van der Waals surface area contributed by atoms with Gasteiger partial charge in [-0.25, -0.2) is 4.98 Å². The summed E-state index contributed by atoms with van der Waals surface area (Å²) in [5.41, 5.74) is 2.48. The molecule has 1 aliphatic heterocycles. The zero-order valence-electron chi connectivity index (χ0n) is 9.80. The molecule has 94 valence electrons. The van der Waals surface area contributed by atoms with Crippen molar-refractivity contribution in [2.45, 2.75) is 18.8 Å². The summed E-state index contributed by atoms with van der Waals surface area (Å²) in [6.07, 6.45) is 4.43. The maximum absolute atomic E-state index is 11.0. The van der Waals surface area contributed by atoms with Gasteiger partial charge in [-0.1, -0.05) is 11.6 Å². The topological polar surface area (TPSA) is 43.6 Å². The maximum atomic E-state index is 11.0. The summed E-state index contributed by atoms with van der Waals surface area (Å²) in [5.74, 6) is 0.390. The number of carbonyl (C=O) groups is 1. The van der Waals surface area contributed by atoms with E-state index in [-0.39, 0.29) is 0 Å². The number of aromatic nitrogens is 2. The molecule has 0 N–H and O–H groups in total. The van der Waals surface area contributed by atoms with Gasteiger partial charge < -0.3 is 4.74 Å². The van der Waals surface area contributed by atoms with Crippen LogP contribution < -0.4 is 0 Å². The van der Waals surface area contributed by atoms with Crippen molar-refractivity contribution in [3.63, 3.8) is 0 Å². The third-order valence-electron chi connectivity index (χ3n) is 3.40. The van der Waals surface area contributed by atoms with Crippen LogP contribution in [0.25, 0.3) is 5.52 Å². The maximum Gasteiger partial charge on any atom is 0.166 e. The van der Waals surface area contributed by atoms with Crippen LogP contribution in [-0.2, 0) is 4.74 Å². The van der Waals surface area contributed by atoms with Crippen molar-refractivity contribution in [2.75, 3.05) is 13.2 Å². The molecule has 0 amide bonds. The number of imidazole rings is 1. The molecule has 0 saturated carbocycles. The summed E-state index contributed by atoms with van der Waals surface area (Å²) in [6, 6.07) is 3.52. The van der Waals surface area contributed by atoms with Crippen LogP contribution >= 0.6 is 11.6 Å². The Kier molecular flexibility index (Phi) is 3.06. The molecular formula is C13H13ClN2O2. The molecule has 1 saturated heterocycles. The summed E-state index contributed by atoms with van der Waals surface area (Å²) < 4.78 is 7.16. The monoisotopic (exact) mass is 264 g/mol.